The van der Waals surface area contributed by atoms with Crippen LogP contribution in [0.25, 0.3) is 0 Å². The minimum absolute atomic E-state index is 0.0618. The van der Waals surface area contributed by atoms with Crippen LogP contribution in [0.15, 0.2) is 12.1 Å². The molecule has 0 aliphatic rings. The molecule has 0 fully saturated rings. The van der Waals surface area contributed by atoms with Crippen molar-refractivity contribution in [3.05, 3.63) is 28.3 Å². The predicted molar refractivity (Wildman–Crippen MR) is 52.9 cm³/mol. The van der Waals surface area contributed by atoms with E-state index in [4.69, 9.17) is 16.9 Å². The highest BCUT2D eigenvalue weighted by Crippen LogP contribution is 2.32. The molecular weight excluding hydrogens is 259 g/mol. The van der Waals surface area contributed by atoms with Gasteiger partial charge in [0.05, 0.1) is 5.02 Å². The Bertz CT molecular complexity index is 505. The van der Waals surface area contributed by atoms with E-state index in [-0.39, 0.29) is 10.6 Å². The lowest BCUT2D eigenvalue weighted by Gasteiger charge is -2.12. The summed E-state index contributed by atoms with van der Waals surface area (Å²) in [5.41, 5.74) is -0.526. The molecule has 0 radical (unpaired) electrons. The van der Waals surface area contributed by atoms with E-state index in [1.807, 2.05) is 0 Å². The molecule has 1 rings (SSSR count). The number of rotatable bonds is 2. The second kappa shape index (κ2) is 4.63. The van der Waals surface area contributed by atoms with E-state index in [2.05, 4.69) is 4.74 Å². The Morgan fingerprint density at radius 2 is 2.06 bits per heavy atom. The number of nitrogens with zero attached hydrogens (tertiary/aromatic N) is 1. The van der Waals surface area contributed by atoms with Crippen molar-refractivity contribution in [2.45, 2.75) is 13.3 Å². The van der Waals surface area contributed by atoms with E-state index in [0.717, 1.165) is 19.1 Å². The standard InChI is InChI=1S/C10H5ClF3NO2/c1-5(16)6-2-8(11)7(4-15)9(3-6)17-10(12,13)14/h2-3H,1H3. The first kappa shape index (κ1) is 13.3. The number of ketones is 1. The number of alkyl halides is 3. The van der Waals surface area contributed by atoms with Gasteiger partial charge in [0.15, 0.2) is 5.78 Å². The molecule has 0 saturated heterocycles. The fourth-order valence-corrected chi connectivity index (χ4v) is 1.35. The zero-order chi connectivity index (χ0) is 13.2. The second-order valence-electron chi connectivity index (χ2n) is 3.05. The summed E-state index contributed by atoms with van der Waals surface area (Å²) in [7, 11) is 0. The summed E-state index contributed by atoms with van der Waals surface area (Å²) in [6.07, 6.45) is -4.95. The molecule has 0 saturated carbocycles. The number of hydrogen-bond acceptors (Lipinski definition) is 3. The average molecular weight is 264 g/mol. The molecule has 1 aromatic rings. The monoisotopic (exact) mass is 263 g/mol. The number of Topliss-reactive ketones (excluding diaryl/α,β-unsaturated/α-hetero) is 1. The molecule has 0 unspecified atom stereocenters. The molecule has 7 heteroatoms. The highest BCUT2D eigenvalue weighted by molar-refractivity contribution is 6.32. The van der Waals surface area contributed by atoms with E-state index in [1.165, 1.54) is 6.07 Å². The van der Waals surface area contributed by atoms with Crippen molar-refractivity contribution in [2.75, 3.05) is 0 Å². The molecule has 0 heterocycles. The van der Waals surface area contributed by atoms with Crippen LogP contribution in [0.5, 0.6) is 5.75 Å². The Kier molecular flexibility index (Phi) is 3.63. The van der Waals surface area contributed by atoms with Gasteiger partial charge in [-0.1, -0.05) is 11.6 Å². The first-order valence-corrected chi connectivity index (χ1v) is 4.62. The van der Waals surface area contributed by atoms with E-state index < -0.39 is 23.5 Å². The first-order chi connectivity index (χ1) is 7.74. The minimum atomic E-state index is -4.95. The molecule has 0 atom stereocenters. The number of carbonyl (C=O) groups is 1. The molecule has 0 amide bonds. The van der Waals surface area contributed by atoms with Crippen molar-refractivity contribution in [3.8, 4) is 11.8 Å². The summed E-state index contributed by atoms with van der Waals surface area (Å²) in [4.78, 5) is 11.0. The largest absolute Gasteiger partial charge is 0.573 e. The van der Waals surface area contributed by atoms with Gasteiger partial charge in [0, 0.05) is 5.56 Å². The van der Waals surface area contributed by atoms with Crippen molar-refractivity contribution in [2.24, 2.45) is 0 Å². The van der Waals surface area contributed by atoms with Crippen LogP contribution in [0.3, 0.4) is 0 Å². The molecule has 0 spiro atoms. The van der Waals surface area contributed by atoms with Gasteiger partial charge in [-0.15, -0.1) is 13.2 Å². The fourth-order valence-electron chi connectivity index (χ4n) is 1.10. The first-order valence-electron chi connectivity index (χ1n) is 4.25. The Balaban J connectivity index is 3.35. The normalized spacial score (nSPS) is 10.8. The Hall–Kier alpha value is -1.74. The minimum Gasteiger partial charge on any atom is -0.404 e. The summed E-state index contributed by atoms with van der Waals surface area (Å²) >= 11 is 5.59. The second-order valence-corrected chi connectivity index (χ2v) is 3.45. The third kappa shape index (κ3) is 3.36. The summed E-state index contributed by atoms with van der Waals surface area (Å²) in [5.74, 6) is -1.26. The van der Waals surface area contributed by atoms with Gasteiger partial charge >= 0.3 is 6.36 Å². The number of hydrogen-bond donors (Lipinski definition) is 0. The molecule has 0 aliphatic carbocycles. The van der Waals surface area contributed by atoms with Crippen LogP contribution < -0.4 is 4.74 Å². The lowest BCUT2D eigenvalue weighted by atomic mass is 10.1. The molecule has 0 bridgehead atoms. The Labute approximate surface area is 99.4 Å². The molecule has 17 heavy (non-hydrogen) atoms. The summed E-state index contributed by atoms with van der Waals surface area (Å²) in [6.45, 7) is 1.16. The van der Waals surface area contributed by atoms with Crippen LogP contribution in [-0.4, -0.2) is 12.1 Å². The number of benzene rings is 1. The van der Waals surface area contributed by atoms with Crippen molar-refractivity contribution >= 4 is 17.4 Å². The van der Waals surface area contributed by atoms with Crippen LogP contribution in [0.4, 0.5) is 13.2 Å². The van der Waals surface area contributed by atoms with Gasteiger partial charge in [-0.05, 0) is 19.1 Å². The van der Waals surface area contributed by atoms with Crippen LogP contribution in [-0.2, 0) is 0 Å². The van der Waals surface area contributed by atoms with Gasteiger partial charge in [0.25, 0.3) is 0 Å². The van der Waals surface area contributed by atoms with Gasteiger partial charge in [-0.3, -0.25) is 4.79 Å². The van der Waals surface area contributed by atoms with E-state index in [9.17, 15) is 18.0 Å². The quantitative estimate of drug-likeness (QED) is 0.769. The molecule has 1 aromatic carbocycles. The number of halogens is 4. The Morgan fingerprint density at radius 3 is 2.47 bits per heavy atom. The smallest absolute Gasteiger partial charge is 0.404 e. The molecule has 0 aromatic heterocycles. The van der Waals surface area contributed by atoms with Crippen LogP contribution in [0.2, 0.25) is 5.02 Å². The molecule has 90 valence electrons. The lowest BCUT2D eigenvalue weighted by Crippen LogP contribution is -2.18. The van der Waals surface area contributed by atoms with Crippen molar-refractivity contribution in [1.29, 1.82) is 5.26 Å². The maximum absolute atomic E-state index is 12.1. The molecule has 0 N–H and O–H groups in total. The lowest BCUT2D eigenvalue weighted by molar-refractivity contribution is -0.274. The summed E-state index contributed by atoms with van der Waals surface area (Å²) < 4.78 is 39.8. The molecular formula is C10H5ClF3NO2. The van der Waals surface area contributed by atoms with Crippen molar-refractivity contribution in [3.63, 3.8) is 0 Å². The van der Waals surface area contributed by atoms with Gasteiger partial charge in [-0.2, -0.15) is 5.26 Å². The van der Waals surface area contributed by atoms with Crippen LogP contribution >= 0.6 is 11.6 Å². The SMILES string of the molecule is CC(=O)c1cc(Cl)c(C#N)c(OC(F)(F)F)c1. The summed E-state index contributed by atoms with van der Waals surface area (Å²) in [5, 5.41) is 8.39. The van der Waals surface area contributed by atoms with E-state index >= 15 is 0 Å². The van der Waals surface area contributed by atoms with Gasteiger partial charge in [0.1, 0.15) is 17.4 Å². The van der Waals surface area contributed by atoms with E-state index in [1.54, 1.807) is 0 Å². The zero-order valence-electron chi connectivity index (χ0n) is 8.43. The highest BCUT2D eigenvalue weighted by atomic mass is 35.5. The fraction of sp³-hybridized carbons (Fsp3) is 0.200. The predicted octanol–water partition coefficient (Wildman–Crippen LogP) is 3.31. The van der Waals surface area contributed by atoms with Gasteiger partial charge in [-0.25, -0.2) is 0 Å². The summed E-state index contributed by atoms with van der Waals surface area (Å²) in [6, 6.07) is 3.43. The Morgan fingerprint density at radius 1 is 1.47 bits per heavy atom. The molecule has 0 aliphatic heterocycles. The van der Waals surface area contributed by atoms with E-state index in [0.29, 0.717) is 0 Å². The van der Waals surface area contributed by atoms with Crippen LogP contribution in [0.1, 0.15) is 22.8 Å². The number of ether oxygens (including phenoxy) is 1. The average Bonchev–Trinajstić information content (AvgIpc) is 2.14. The highest BCUT2D eigenvalue weighted by Gasteiger charge is 2.33. The van der Waals surface area contributed by atoms with Gasteiger partial charge < -0.3 is 4.74 Å². The van der Waals surface area contributed by atoms with Crippen molar-refractivity contribution in [1.82, 2.24) is 0 Å². The third-order valence-corrected chi connectivity index (χ3v) is 2.10. The molecule has 3 nitrogen and oxygen atoms in total. The maximum atomic E-state index is 12.1. The topological polar surface area (TPSA) is 50.1 Å². The van der Waals surface area contributed by atoms with Crippen LogP contribution in [0, 0.1) is 11.3 Å². The van der Waals surface area contributed by atoms with Gasteiger partial charge in [0.2, 0.25) is 0 Å². The number of carbonyl (C=O) groups excluding carboxylic acids is 1. The number of nitriles is 1. The van der Waals surface area contributed by atoms with Crippen molar-refractivity contribution < 1.29 is 22.7 Å². The maximum Gasteiger partial charge on any atom is 0.573 e. The zero-order valence-corrected chi connectivity index (χ0v) is 9.19. The third-order valence-electron chi connectivity index (χ3n) is 1.80.